The number of nitrogens with one attached hydrogen (secondary N) is 2. The molecule has 2 atom stereocenters. The molecule has 3 aromatic carbocycles. The Morgan fingerprint density at radius 3 is 2.73 bits per heavy atom. The van der Waals surface area contributed by atoms with Crippen LogP contribution in [-0.2, 0) is 6.42 Å². The SMILES string of the molecule is CCOc1cccc2c1O[C@]1(C)CC2NC(=O)N1c1cccc(C(=O)NCCc2ccc(C)c(C)c2)c1. The van der Waals surface area contributed by atoms with Crippen molar-refractivity contribution in [3.63, 3.8) is 0 Å². The van der Waals surface area contributed by atoms with Crippen LogP contribution in [0.4, 0.5) is 10.5 Å². The van der Waals surface area contributed by atoms with E-state index in [0.717, 1.165) is 12.0 Å². The number of aryl methyl sites for hydroxylation is 2. The summed E-state index contributed by atoms with van der Waals surface area (Å²) in [7, 11) is 0. The van der Waals surface area contributed by atoms with Gasteiger partial charge < -0.3 is 20.1 Å². The minimum atomic E-state index is -0.939. The van der Waals surface area contributed by atoms with E-state index in [1.54, 1.807) is 23.1 Å². The standard InChI is InChI=1S/C30H33N3O4/c1-5-36-26-11-7-10-24-25-18-30(4,37-27(24)26)33(29(35)32-25)23-9-6-8-22(17-23)28(34)31-15-14-21-13-12-19(2)20(3)16-21/h6-13,16-17,25H,5,14-15,18H2,1-4H3,(H,31,34)(H,32,35)/t25?,30-/m1/s1. The molecule has 2 bridgehead atoms. The molecule has 0 aliphatic carbocycles. The highest BCUT2D eigenvalue weighted by Gasteiger charge is 2.50. The van der Waals surface area contributed by atoms with Gasteiger partial charge >= 0.3 is 6.03 Å². The molecule has 0 spiro atoms. The van der Waals surface area contributed by atoms with Gasteiger partial charge in [-0.25, -0.2) is 4.79 Å². The number of carbonyl (C=O) groups is 2. The van der Waals surface area contributed by atoms with Crippen LogP contribution in [0.1, 0.15) is 58.9 Å². The lowest BCUT2D eigenvalue weighted by Gasteiger charge is -2.50. The quantitative estimate of drug-likeness (QED) is 0.453. The van der Waals surface area contributed by atoms with E-state index >= 15 is 0 Å². The Morgan fingerprint density at radius 1 is 1.14 bits per heavy atom. The van der Waals surface area contributed by atoms with Crippen molar-refractivity contribution >= 4 is 17.6 Å². The molecular formula is C30H33N3O4. The minimum absolute atomic E-state index is 0.181. The van der Waals surface area contributed by atoms with E-state index in [4.69, 9.17) is 9.47 Å². The van der Waals surface area contributed by atoms with Crippen molar-refractivity contribution in [2.45, 2.75) is 52.3 Å². The maximum Gasteiger partial charge on any atom is 0.325 e. The first-order chi connectivity index (χ1) is 17.8. The third-order valence-electron chi connectivity index (χ3n) is 7.20. The topological polar surface area (TPSA) is 79.9 Å². The summed E-state index contributed by atoms with van der Waals surface area (Å²) in [4.78, 5) is 27.9. The highest BCUT2D eigenvalue weighted by molar-refractivity contribution is 5.99. The van der Waals surface area contributed by atoms with E-state index in [2.05, 4.69) is 42.7 Å². The van der Waals surface area contributed by atoms with Crippen LogP contribution in [-0.4, -0.2) is 30.8 Å². The van der Waals surface area contributed by atoms with Crippen molar-refractivity contribution in [3.8, 4) is 11.5 Å². The molecule has 192 valence electrons. The zero-order valence-electron chi connectivity index (χ0n) is 21.8. The Balaban J connectivity index is 1.34. The van der Waals surface area contributed by atoms with Crippen LogP contribution < -0.4 is 25.0 Å². The largest absolute Gasteiger partial charge is 0.490 e. The molecule has 1 saturated heterocycles. The summed E-state index contributed by atoms with van der Waals surface area (Å²) in [5.74, 6) is 1.12. The number of hydrogen-bond donors (Lipinski definition) is 2. The molecular weight excluding hydrogens is 466 g/mol. The van der Waals surface area contributed by atoms with Gasteiger partial charge in [-0.3, -0.25) is 9.69 Å². The molecule has 0 aromatic heterocycles. The number of hydrogen-bond acceptors (Lipinski definition) is 4. The average Bonchev–Trinajstić information content (AvgIpc) is 2.86. The van der Waals surface area contributed by atoms with Gasteiger partial charge in [-0.1, -0.05) is 36.4 Å². The molecule has 2 N–H and O–H groups in total. The molecule has 7 nitrogen and oxygen atoms in total. The summed E-state index contributed by atoms with van der Waals surface area (Å²) < 4.78 is 12.3. The number of urea groups is 1. The highest BCUT2D eigenvalue weighted by Crippen LogP contribution is 2.49. The van der Waals surface area contributed by atoms with Gasteiger partial charge in [0, 0.05) is 24.1 Å². The fraction of sp³-hybridized carbons (Fsp3) is 0.333. The lowest BCUT2D eigenvalue weighted by Crippen LogP contribution is -2.65. The second-order valence-electron chi connectivity index (χ2n) is 9.90. The molecule has 0 saturated carbocycles. The number of anilines is 1. The number of rotatable bonds is 7. The van der Waals surface area contributed by atoms with Crippen LogP contribution in [0.3, 0.4) is 0 Å². The van der Waals surface area contributed by atoms with Crippen LogP contribution in [0.15, 0.2) is 60.7 Å². The molecule has 0 radical (unpaired) electrons. The normalized spacial score (nSPS) is 19.9. The number of fused-ring (bicyclic) bond motifs is 4. The van der Waals surface area contributed by atoms with Crippen LogP contribution in [0.5, 0.6) is 11.5 Å². The van der Waals surface area contributed by atoms with E-state index in [-0.39, 0.29) is 18.0 Å². The maximum absolute atomic E-state index is 13.3. The summed E-state index contributed by atoms with van der Waals surface area (Å²) in [5.41, 5.74) is 4.74. The second-order valence-corrected chi connectivity index (χ2v) is 9.90. The summed E-state index contributed by atoms with van der Waals surface area (Å²) in [5, 5.41) is 6.11. The molecule has 37 heavy (non-hydrogen) atoms. The molecule has 2 aliphatic heterocycles. The molecule has 5 rings (SSSR count). The zero-order valence-corrected chi connectivity index (χ0v) is 21.8. The first-order valence-electron chi connectivity index (χ1n) is 12.8. The number of ether oxygens (including phenoxy) is 2. The first kappa shape index (κ1) is 24.7. The minimum Gasteiger partial charge on any atom is -0.490 e. The second kappa shape index (κ2) is 9.81. The van der Waals surface area contributed by atoms with E-state index < -0.39 is 5.72 Å². The summed E-state index contributed by atoms with van der Waals surface area (Å²) in [6.07, 6.45) is 1.31. The van der Waals surface area contributed by atoms with E-state index in [1.807, 2.05) is 38.1 Å². The molecule has 7 heteroatoms. The molecule has 2 heterocycles. The van der Waals surface area contributed by atoms with Crippen molar-refractivity contribution in [2.75, 3.05) is 18.1 Å². The maximum atomic E-state index is 13.3. The van der Waals surface area contributed by atoms with Crippen LogP contribution >= 0.6 is 0 Å². The summed E-state index contributed by atoms with van der Waals surface area (Å²) >= 11 is 0. The predicted molar refractivity (Wildman–Crippen MR) is 143 cm³/mol. The van der Waals surface area contributed by atoms with Gasteiger partial charge in [0.25, 0.3) is 5.91 Å². The number of para-hydroxylation sites is 1. The number of benzene rings is 3. The number of amides is 3. The van der Waals surface area contributed by atoms with Crippen molar-refractivity contribution in [2.24, 2.45) is 0 Å². The number of carbonyl (C=O) groups excluding carboxylic acids is 2. The third kappa shape index (κ3) is 4.73. The van der Waals surface area contributed by atoms with Crippen molar-refractivity contribution in [3.05, 3.63) is 88.5 Å². The van der Waals surface area contributed by atoms with Gasteiger partial charge in [0.05, 0.1) is 18.3 Å². The van der Waals surface area contributed by atoms with Crippen molar-refractivity contribution in [1.29, 1.82) is 0 Å². The Labute approximate surface area is 217 Å². The molecule has 3 aromatic rings. The fourth-order valence-corrected chi connectivity index (χ4v) is 5.19. The van der Waals surface area contributed by atoms with Gasteiger partial charge in [-0.05, 0) is 75.1 Å². The van der Waals surface area contributed by atoms with Crippen LogP contribution in [0.25, 0.3) is 0 Å². The van der Waals surface area contributed by atoms with E-state index in [0.29, 0.717) is 42.3 Å². The molecule has 1 fully saturated rings. The van der Waals surface area contributed by atoms with E-state index in [9.17, 15) is 9.59 Å². The van der Waals surface area contributed by atoms with Gasteiger partial charge in [-0.15, -0.1) is 0 Å². The molecule has 2 aliphatic rings. The fourth-order valence-electron chi connectivity index (χ4n) is 5.19. The smallest absolute Gasteiger partial charge is 0.325 e. The molecule has 1 unspecified atom stereocenters. The molecule has 3 amide bonds. The Hall–Kier alpha value is -4.00. The Bertz CT molecular complexity index is 1350. The van der Waals surface area contributed by atoms with Gasteiger partial charge in [0.1, 0.15) is 0 Å². The first-order valence-corrected chi connectivity index (χ1v) is 12.8. The van der Waals surface area contributed by atoms with Crippen LogP contribution in [0.2, 0.25) is 0 Å². The Morgan fingerprint density at radius 2 is 1.95 bits per heavy atom. The van der Waals surface area contributed by atoms with Crippen molar-refractivity contribution in [1.82, 2.24) is 10.6 Å². The Kier molecular flexibility index (Phi) is 6.54. The zero-order chi connectivity index (χ0) is 26.2. The van der Waals surface area contributed by atoms with Gasteiger partial charge in [0.15, 0.2) is 17.2 Å². The number of nitrogens with zero attached hydrogens (tertiary/aromatic N) is 1. The van der Waals surface area contributed by atoms with Crippen molar-refractivity contribution < 1.29 is 19.1 Å². The predicted octanol–water partition coefficient (Wildman–Crippen LogP) is 5.44. The van der Waals surface area contributed by atoms with Gasteiger partial charge in [0.2, 0.25) is 0 Å². The lowest BCUT2D eigenvalue weighted by atomic mass is 9.89. The van der Waals surface area contributed by atoms with E-state index in [1.165, 1.54) is 16.7 Å². The highest BCUT2D eigenvalue weighted by atomic mass is 16.5. The van der Waals surface area contributed by atoms with Gasteiger partial charge in [-0.2, -0.15) is 0 Å². The summed E-state index contributed by atoms with van der Waals surface area (Å²) in [6, 6.07) is 18.8. The van der Waals surface area contributed by atoms with Crippen LogP contribution in [0, 0.1) is 13.8 Å². The average molecular weight is 500 g/mol. The lowest BCUT2D eigenvalue weighted by molar-refractivity contribution is 0.0343. The summed E-state index contributed by atoms with van der Waals surface area (Å²) in [6.45, 7) is 9.05. The monoisotopic (exact) mass is 499 g/mol. The third-order valence-corrected chi connectivity index (χ3v) is 7.20.